The lowest BCUT2D eigenvalue weighted by atomic mass is 9.89. The second kappa shape index (κ2) is 4.98. The minimum absolute atomic E-state index is 0.0489. The molecule has 1 aromatic rings. The number of hydrogen-bond donors (Lipinski definition) is 1. The van der Waals surface area contributed by atoms with E-state index < -0.39 is 0 Å². The summed E-state index contributed by atoms with van der Waals surface area (Å²) in [6.45, 7) is 5.51. The van der Waals surface area contributed by atoms with Gasteiger partial charge in [0.25, 0.3) is 0 Å². The van der Waals surface area contributed by atoms with E-state index in [0.29, 0.717) is 16.7 Å². The number of methoxy groups -OCH3 is 1. The Bertz CT molecular complexity index is 434. The summed E-state index contributed by atoms with van der Waals surface area (Å²) in [7, 11) is 1.61. The Hall–Kier alpha value is -0.930. The Labute approximate surface area is 113 Å². The molecule has 1 aromatic carbocycles. The molecule has 4 heteroatoms. The van der Waals surface area contributed by atoms with E-state index in [2.05, 4.69) is 18.7 Å². The van der Waals surface area contributed by atoms with Crippen LogP contribution in [0.5, 0.6) is 5.75 Å². The smallest absolute Gasteiger partial charge is 0.137 e. The van der Waals surface area contributed by atoms with Gasteiger partial charge in [0.15, 0.2) is 0 Å². The Balaban J connectivity index is 2.30. The van der Waals surface area contributed by atoms with Crippen molar-refractivity contribution in [1.29, 1.82) is 0 Å². The van der Waals surface area contributed by atoms with Gasteiger partial charge in [0.05, 0.1) is 12.1 Å². The summed E-state index contributed by atoms with van der Waals surface area (Å²) >= 11 is 6.17. The molecule has 1 aliphatic rings. The number of rotatable bonds is 3. The highest BCUT2D eigenvalue weighted by Crippen LogP contribution is 2.40. The molecule has 0 spiro atoms. The molecule has 1 N–H and O–H groups in total. The Morgan fingerprint density at radius 3 is 2.72 bits per heavy atom. The molecule has 1 aliphatic heterocycles. The molecule has 0 radical (unpaired) electrons. The molecule has 1 saturated heterocycles. The maximum Gasteiger partial charge on any atom is 0.137 e. The number of anilines is 1. The van der Waals surface area contributed by atoms with Gasteiger partial charge in [0.1, 0.15) is 5.75 Å². The van der Waals surface area contributed by atoms with E-state index >= 15 is 0 Å². The maximum absolute atomic E-state index is 9.43. The average Bonchev–Trinajstić information content (AvgIpc) is 2.63. The van der Waals surface area contributed by atoms with E-state index in [1.165, 1.54) is 0 Å². The fourth-order valence-electron chi connectivity index (χ4n) is 2.75. The predicted octanol–water partition coefficient (Wildman–Crippen LogP) is 2.95. The summed E-state index contributed by atoms with van der Waals surface area (Å²) in [5.41, 5.74) is 1.04. The van der Waals surface area contributed by atoms with Crippen LogP contribution in [0.15, 0.2) is 18.2 Å². The molecule has 1 fully saturated rings. The molecule has 3 nitrogen and oxygen atoms in total. The van der Waals surface area contributed by atoms with Gasteiger partial charge in [-0.15, -0.1) is 0 Å². The third-order valence-electron chi connectivity index (χ3n) is 4.06. The topological polar surface area (TPSA) is 32.7 Å². The van der Waals surface area contributed by atoms with Crippen LogP contribution >= 0.6 is 11.6 Å². The van der Waals surface area contributed by atoms with Gasteiger partial charge in [-0.2, -0.15) is 0 Å². The fourth-order valence-corrected chi connectivity index (χ4v) is 3.00. The van der Waals surface area contributed by atoms with E-state index in [0.717, 1.165) is 18.7 Å². The number of aliphatic hydroxyl groups excluding tert-OH is 1. The zero-order valence-corrected chi connectivity index (χ0v) is 11.9. The molecule has 0 amide bonds. The van der Waals surface area contributed by atoms with E-state index in [9.17, 15) is 5.11 Å². The number of benzene rings is 1. The van der Waals surface area contributed by atoms with Crippen LogP contribution in [-0.4, -0.2) is 30.9 Å². The Morgan fingerprint density at radius 1 is 1.50 bits per heavy atom. The van der Waals surface area contributed by atoms with Crippen LogP contribution in [0, 0.1) is 5.92 Å². The molecular weight excluding hydrogens is 250 g/mol. The van der Waals surface area contributed by atoms with E-state index in [-0.39, 0.29) is 12.1 Å². The van der Waals surface area contributed by atoms with Crippen molar-refractivity contribution < 1.29 is 9.84 Å². The third kappa shape index (κ3) is 2.17. The first-order valence-electron chi connectivity index (χ1n) is 6.22. The highest BCUT2D eigenvalue weighted by molar-refractivity contribution is 6.32. The summed E-state index contributed by atoms with van der Waals surface area (Å²) in [6, 6.07) is 5.84. The van der Waals surface area contributed by atoms with Crippen molar-refractivity contribution >= 4 is 17.3 Å². The van der Waals surface area contributed by atoms with Crippen molar-refractivity contribution in [3.63, 3.8) is 0 Å². The van der Waals surface area contributed by atoms with Crippen LogP contribution in [0.1, 0.15) is 20.3 Å². The molecule has 0 aliphatic carbocycles. The van der Waals surface area contributed by atoms with Crippen molar-refractivity contribution in [2.45, 2.75) is 25.8 Å². The second-order valence-corrected chi connectivity index (χ2v) is 5.70. The first-order chi connectivity index (χ1) is 8.50. The molecule has 1 atom stereocenters. The van der Waals surface area contributed by atoms with Gasteiger partial charge >= 0.3 is 0 Å². The average molecular weight is 270 g/mol. The van der Waals surface area contributed by atoms with Crippen molar-refractivity contribution in [3.8, 4) is 5.75 Å². The van der Waals surface area contributed by atoms with Crippen LogP contribution in [0.2, 0.25) is 5.02 Å². The first-order valence-corrected chi connectivity index (χ1v) is 6.60. The SMILES string of the molecule is COc1ccc(N2CCC(CO)C2(C)C)cc1Cl. The van der Waals surface area contributed by atoms with Gasteiger partial charge < -0.3 is 14.7 Å². The van der Waals surface area contributed by atoms with E-state index in [1.807, 2.05) is 18.2 Å². The normalized spacial score (nSPS) is 22.3. The largest absolute Gasteiger partial charge is 0.495 e. The van der Waals surface area contributed by atoms with Crippen LogP contribution in [0.3, 0.4) is 0 Å². The lowest BCUT2D eigenvalue weighted by Gasteiger charge is -2.37. The van der Waals surface area contributed by atoms with Crippen molar-refractivity contribution in [1.82, 2.24) is 0 Å². The Morgan fingerprint density at radius 2 is 2.22 bits per heavy atom. The van der Waals surface area contributed by atoms with Crippen LogP contribution < -0.4 is 9.64 Å². The van der Waals surface area contributed by atoms with Crippen molar-refractivity contribution in [2.24, 2.45) is 5.92 Å². The van der Waals surface area contributed by atoms with Crippen molar-refractivity contribution in [3.05, 3.63) is 23.2 Å². The zero-order valence-electron chi connectivity index (χ0n) is 11.1. The molecule has 0 saturated carbocycles. The first kappa shape index (κ1) is 13.5. The summed E-state index contributed by atoms with van der Waals surface area (Å²) in [5, 5.41) is 10.1. The third-order valence-corrected chi connectivity index (χ3v) is 4.36. The number of aliphatic hydroxyl groups is 1. The molecule has 1 unspecified atom stereocenters. The Kier molecular flexibility index (Phi) is 3.74. The highest BCUT2D eigenvalue weighted by Gasteiger charge is 2.40. The van der Waals surface area contributed by atoms with Crippen LogP contribution in [-0.2, 0) is 0 Å². The fraction of sp³-hybridized carbons (Fsp3) is 0.571. The molecular formula is C14H20ClNO2. The van der Waals surface area contributed by atoms with Gasteiger partial charge in [-0.25, -0.2) is 0 Å². The van der Waals surface area contributed by atoms with Gasteiger partial charge in [-0.05, 0) is 38.5 Å². The van der Waals surface area contributed by atoms with Gasteiger partial charge in [-0.1, -0.05) is 11.6 Å². The maximum atomic E-state index is 9.43. The van der Waals surface area contributed by atoms with Crippen molar-refractivity contribution in [2.75, 3.05) is 25.2 Å². The number of halogens is 1. The zero-order chi connectivity index (χ0) is 13.3. The minimum atomic E-state index is -0.0489. The standard InChI is InChI=1S/C14H20ClNO2/c1-14(2)10(9-17)6-7-16(14)11-4-5-13(18-3)12(15)8-11/h4-5,8,10,17H,6-7,9H2,1-3H3. The van der Waals surface area contributed by atoms with Gasteiger partial charge in [-0.3, -0.25) is 0 Å². The number of ether oxygens (including phenoxy) is 1. The lowest BCUT2D eigenvalue weighted by Crippen LogP contribution is -2.43. The quantitative estimate of drug-likeness (QED) is 0.916. The molecule has 2 rings (SSSR count). The second-order valence-electron chi connectivity index (χ2n) is 5.29. The number of nitrogens with zero attached hydrogens (tertiary/aromatic N) is 1. The van der Waals surface area contributed by atoms with Gasteiger partial charge in [0, 0.05) is 30.3 Å². The van der Waals surface area contributed by atoms with E-state index in [4.69, 9.17) is 16.3 Å². The minimum Gasteiger partial charge on any atom is -0.495 e. The molecule has 0 bridgehead atoms. The lowest BCUT2D eigenvalue weighted by molar-refractivity contribution is 0.189. The summed E-state index contributed by atoms with van der Waals surface area (Å²) in [5.74, 6) is 0.995. The molecule has 18 heavy (non-hydrogen) atoms. The summed E-state index contributed by atoms with van der Waals surface area (Å²) in [4.78, 5) is 2.30. The summed E-state index contributed by atoms with van der Waals surface area (Å²) in [6.07, 6.45) is 1.01. The van der Waals surface area contributed by atoms with Gasteiger partial charge in [0.2, 0.25) is 0 Å². The summed E-state index contributed by atoms with van der Waals surface area (Å²) < 4.78 is 5.17. The van der Waals surface area contributed by atoms with Crippen LogP contribution in [0.25, 0.3) is 0 Å². The highest BCUT2D eigenvalue weighted by atomic mass is 35.5. The molecule has 100 valence electrons. The molecule has 0 aromatic heterocycles. The van der Waals surface area contributed by atoms with Crippen LogP contribution in [0.4, 0.5) is 5.69 Å². The monoisotopic (exact) mass is 269 g/mol. The predicted molar refractivity (Wildman–Crippen MR) is 74.6 cm³/mol. The van der Waals surface area contributed by atoms with E-state index in [1.54, 1.807) is 7.11 Å². The number of hydrogen-bond acceptors (Lipinski definition) is 3. The molecule has 1 heterocycles.